The normalized spacial score (nSPS) is 26.1. The molecule has 0 aliphatic carbocycles. The molecule has 0 amide bonds. The lowest BCUT2D eigenvalue weighted by molar-refractivity contribution is 0.126. The van der Waals surface area contributed by atoms with Gasteiger partial charge in [-0.25, -0.2) is 0 Å². The Morgan fingerprint density at radius 2 is 1.94 bits per heavy atom. The third-order valence-electron chi connectivity index (χ3n) is 4.09. The van der Waals surface area contributed by atoms with Crippen LogP contribution in [-0.2, 0) is 0 Å². The van der Waals surface area contributed by atoms with Crippen molar-refractivity contribution < 1.29 is 0 Å². The molecule has 1 N–H and O–H groups in total. The zero-order valence-electron chi connectivity index (χ0n) is 12.5. The van der Waals surface area contributed by atoms with Crippen LogP contribution in [0.25, 0.3) is 0 Å². The lowest BCUT2D eigenvalue weighted by Crippen LogP contribution is -2.50. The number of hydrogen-bond donors (Lipinski definition) is 1. The van der Waals surface area contributed by atoms with Gasteiger partial charge in [-0.1, -0.05) is 34.1 Å². The van der Waals surface area contributed by atoms with Crippen molar-refractivity contribution >= 4 is 0 Å². The van der Waals surface area contributed by atoms with E-state index >= 15 is 0 Å². The van der Waals surface area contributed by atoms with Crippen LogP contribution in [0.4, 0.5) is 0 Å². The average molecular weight is 240 g/mol. The molecule has 1 fully saturated rings. The van der Waals surface area contributed by atoms with E-state index in [0.29, 0.717) is 12.1 Å². The summed E-state index contributed by atoms with van der Waals surface area (Å²) in [6.07, 6.45) is 5.37. The first kappa shape index (κ1) is 15.0. The molecule has 0 aromatic rings. The highest BCUT2D eigenvalue weighted by Crippen LogP contribution is 2.19. The first-order valence-corrected chi connectivity index (χ1v) is 7.53. The zero-order valence-corrected chi connectivity index (χ0v) is 12.5. The van der Waals surface area contributed by atoms with Crippen molar-refractivity contribution in [3.05, 3.63) is 0 Å². The maximum Gasteiger partial charge on any atom is 0.0197 e. The molecule has 0 saturated carbocycles. The van der Waals surface area contributed by atoms with Gasteiger partial charge in [0.1, 0.15) is 0 Å². The number of nitrogens with zero attached hydrogens (tertiary/aromatic N) is 1. The summed E-state index contributed by atoms with van der Waals surface area (Å²) in [5.41, 5.74) is 0. The van der Waals surface area contributed by atoms with Crippen molar-refractivity contribution in [2.75, 3.05) is 13.1 Å². The molecule has 1 heterocycles. The van der Waals surface area contributed by atoms with Crippen molar-refractivity contribution in [1.82, 2.24) is 10.2 Å². The van der Waals surface area contributed by atoms with Gasteiger partial charge >= 0.3 is 0 Å². The molecular weight excluding hydrogens is 208 g/mol. The molecule has 3 atom stereocenters. The SMILES string of the molecule is CCC(C)CC(C)N1CCCC(NC(C)C)C1. The van der Waals surface area contributed by atoms with Crippen molar-refractivity contribution in [2.24, 2.45) is 5.92 Å². The molecule has 2 nitrogen and oxygen atoms in total. The summed E-state index contributed by atoms with van der Waals surface area (Å²) < 4.78 is 0. The monoisotopic (exact) mass is 240 g/mol. The van der Waals surface area contributed by atoms with Crippen LogP contribution in [0.15, 0.2) is 0 Å². The van der Waals surface area contributed by atoms with Gasteiger partial charge in [0, 0.05) is 24.7 Å². The standard InChI is InChI=1S/C15H32N2/c1-6-13(4)10-14(5)17-9-7-8-15(11-17)16-12(2)3/h12-16H,6-11H2,1-5H3. The van der Waals surface area contributed by atoms with Gasteiger partial charge in [-0.3, -0.25) is 4.90 Å². The summed E-state index contributed by atoms with van der Waals surface area (Å²) in [7, 11) is 0. The van der Waals surface area contributed by atoms with Gasteiger partial charge in [0.15, 0.2) is 0 Å². The smallest absolute Gasteiger partial charge is 0.0197 e. The number of piperidine rings is 1. The van der Waals surface area contributed by atoms with Gasteiger partial charge in [-0.05, 0) is 38.6 Å². The van der Waals surface area contributed by atoms with Crippen molar-refractivity contribution in [2.45, 2.75) is 78.4 Å². The molecule has 0 bridgehead atoms. The maximum absolute atomic E-state index is 3.69. The third-order valence-corrected chi connectivity index (χ3v) is 4.09. The van der Waals surface area contributed by atoms with E-state index in [0.717, 1.165) is 12.0 Å². The molecule has 102 valence electrons. The molecule has 3 unspecified atom stereocenters. The van der Waals surface area contributed by atoms with Gasteiger partial charge in [0.25, 0.3) is 0 Å². The van der Waals surface area contributed by atoms with E-state index in [1.807, 2.05) is 0 Å². The largest absolute Gasteiger partial charge is 0.311 e. The van der Waals surface area contributed by atoms with E-state index in [1.54, 1.807) is 0 Å². The van der Waals surface area contributed by atoms with Crippen LogP contribution in [0, 0.1) is 5.92 Å². The number of hydrogen-bond acceptors (Lipinski definition) is 2. The highest BCUT2D eigenvalue weighted by Gasteiger charge is 2.24. The predicted octanol–water partition coefficient (Wildman–Crippen LogP) is 3.27. The van der Waals surface area contributed by atoms with Crippen LogP contribution < -0.4 is 5.32 Å². The van der Waals surface area contributed by atoms with Crippen LogP contribution in [0.2, 0.25) is 0 Å². The molecule has 0 aromatic carbocycles. The third kappa shape index (κ3) is 5.39. The lowest BCUT2D eigenvalue weighted by Gasteiger charge is -2.38. The van der Waals surface area contributed by atoms with Crippen LogP contribution in [0.5, 0.6) is 0 Å². The Balaban J connectivity index is 2.37. The summed E-state index contributed by atoms with van der Waals surface area (Å²) >= 11 is 0. The molecule has 2 heteroatoms. The molecule has 1 aliphatic heterocycles. The van der Waals surface area contributed by atoms with Crippen LogP contribution in [0.3, 0.4) is 0 Å². The van der Waals surface area contributed by atoms with E-state index in [4.69, 9.17) is 0 Å². The zero-order chi connectivity index (χ0) is 12.8. The summed E-state index contributed by atoms with van der Waals surface area (Å²) in [6, 6.07) is 2.08. The minimum atomic E-state index is 0.616. The molecule has 1 aliphatic rings. The highest BCUT2D eigenvalue weighted by molar-refractivity contribution is 4.82. The minimum Gasteiger partial charge on any atom is -0.311 e. The van der Waals surface area contributed by atoms with Crippen LogP contribution in [-0.4, -0.2) is 36.1 Å². The van der Waals surface area contributed by atoms with Crippen molar-refractivity contribution in [3.63, 3.8) is 0 Å². The van der Waals surface area contributed by atoms with Gasteiger partial charge in [-0.15, -0.1) is 0 Å². The fourth-order valence-corrected chi connectivity index (χ4v) is 2.91. The quantitative estimate of drug-likeness (QED) is 0.766. The van der Waals surface area contributed by atoms with Crippen LogP contribution >= 0.6 is 0 Å². The van der Waals surface area contributed by atoms with Gasteiger partial charge in [-0.2, -0.15) is 0 Å². The molecule has 1 saturated heterocycles. The summed E-state index contributed by atoms with van der Waals surface area (Å²) in [5.74, 6) is 0.864. The average Bonchev–Trinajstić information content (AvgIpc) is 2.28. The number of likely N-dealkylation sites (tertiary alicyclic amines) is 1. The highest BCUT2D eigenvalue weighted by atomic mass is 15.2. The van der Waals surface area contributed by atoms with E-state index in [2.05, 4.69) is 44.8 Å². The van der Waals surface area contributed by atoms with E-state index in [-0.39, 0.29) is 0 Å². The Morgan fingerprint density at radius 3 is 2.53 bits per heavy atom. The van der Waals surface area contributed by atoms with E-state index in [1.165, 1.54) is 38.8 Å². The molecule has 0 radical (unpaired) electrons. The van der Waals surface area contributed by atoms with E-state index < -0.39 is 0 Å². The molecule has 17 heavy (non-hydrogen) atoms. The second-order valence-corrected chi connectivity index (χ2v) is 6.25. The topological polar surface area (TPSA) is 15.3 Å². The Bertz CT molecular complexity index is 203. The maximum atomic E-state index is 3.69. The molecule has 0 aromatic heterocycles. The summed E-state index contributed by atoms with van der Waals surface area (Å²) in [5, 5.41) is 3.69. The van der Waals surface area contributed by atoms with Gasteiger partial charge in [0.2, 0.25) is 0 Å². The first-order valence-electron chi connectivity index (χ1n) is 7.53. The van der Waals surface area contributed by atoms with Gasteiger partial charge < -0.3 is 5.32 Å². The fourth-order valence-electron chi connectivity index (χ4n) is 2.91. The summed E-state index contributed by atoms with van der Waals surface area (Å²) in [4.78, 5) is 2.69. The predicted molar refractivity (Wildman–Crippen MR) is 76.4 cm³/mol. The minimum absolute atomic E-state index is 0.616. The summed E-state index contributed by atoms with van der Waals surface area (Å²) in [6.45, 7) is 14.1. The number of rotatable bonds is 6. The Morgan fingerprint density at radius 1 is 1.24 bits per heavy atom. The molecular formula is C15H32N2. The fraction of sp³-hybridized carbons (Fsp3) is 1.00. The van der Waals surface area contributed by atoms with Crippen molar-refractivity contribution in [3.8, 4) is 0 Å². The molecule has 1 rings (SSSR count). The van der Waals surface area contributed by atoms with Gasteiger partial charge in [0.05, 0.1) is 0 Å². The van der Waals surface area contributed by atoms with Crippen LogP contribution in [0.1, 0.15) is 60.3 Å². The second-order valence-electron chi connectivity index (χ2n) is 6.25. The Hall–Kier alpha value is -0.0800. The Kier molecular flexibility index (Phi) is 6.50. The van der Waals surface area contributed by atoms with E-state index in [9.17, 15) is 0 Å². The molecule has 0 spiro atoms. The number of nitrogens with one attached hydrogen (secondary N) is 1. The lowest BCUT2D eigenvalue weighted by atomic mass is 9.96. The first-order chi connectivity index (χ1) is 8.02. The Labute approximate surface area is 108 Å². The second kappa shape index (κ2) is 7.38. The van der Waals surface area contributed by atoms with Crippen molar-refractivity contribution in [1.29, 1.82) is 0 Å².